The number of pyridine rings is 1. The molecule has 1 amide bonds. The Morgan fingerprint density at radius 3 is 2.63 bits per heavy atom. The summed E-state index contributed by atoms with van der Waals surface area (Å²) in [5.41, 5.74) is 2.54. The molecule has 0 radical (unpaired) electrons. The Labute approximate surface area is 210 Å². The summed E-state index contributed by atoms with van der Waals surface area (Å²) in [4.78, 5) is 20.9. The number of amides is 1. The summed E-state index contributed by atoms with van der Waals surface area (Å²) in [6.07, 6.45) is 6.36. The average Bonchev–Trinajstić information content (AvgIpc) is 3.29. The first-order valence-electron chi connectivity index (χ1n) is 12.4. The number of nitrogens with zero attached hydrogens (tertiary/aromatic N) is 3. The Morgan fingerprint density at radius 1 is 1.00 bits per heavy atom. The minimum atomic E-state index is -0.913. The zero-order valence-electron chi connectivity index (χ0n) is 19.5. The molecule has 178 valence electrons. The van der Waals surface area contributed by atoms with Gasteiger partial charge in [-0.05, 0) is 49.1 Å². The lowest BCUT2D eigenvalue weighted by atomic mass is 9.66. The number of fused-ring (bicyclic) bond motifs is 2. The molecular formula is C29H28ClN3O2. The number of hydrogen-bond acceptors (Lipinski definition) is 3. The van der Waals surface area contributed by atoms with Crippen molar-refractivity contribution in [1.29, 1.82) is 0 Å². The van der Waals surface area contributed by atoms with Gasteiger partial charge in [0.05, 0.1) is 16.8 Å². The Bertz CT molecular complexity index is 1390. The summed E-state index contributed by atoms with van der Waals surface area (Å²) < 4.78 is 1.88. The fraction of sp³-hybridized carbons (Fsp3) is 0.310. The minimum absolute atomic E-state index is 0.00924. The lowest BCUT2D eigenvalue weighted by Crippen LogP contribution is -2.59. The number of likely N-dealkylation sites (tertiary alicyclic amines) is 1. The molecule has 1 N–H and O–H groups in total. The van der Waals surface area contributed by atoms with Crippen LogP contribution < -0.4 is 0 Å². The van der Waals surface area contributed by atoms with E-state index in [0.29, 0.717) is 23.8 Å². The number of carbonyl (C=O) groups is 1. The average molecular weight is 486 g/mol. The minimum Gasteiger partial charge on any atom is -0.385 e. The first-order chi connectivity index (χ1) is 17.1. The molecule has 6 rings (SSSR count). The van der Waals surface area contributed by atoms with Gasteiger partial charge >= 0.3 is 0 Å². The maximum atomic E-state index is 14.1. The monoisotopic (exact) mass is 485 g/mol. The summed E-state index contributed by atoms with van der Waals surface area (Å²) in [6.45, 7) is 0.500. The number of halogens is 1. The van der Waals surface area contributed by atoms with Gasteiger partial charge in [0.25, 0.3) is 5.91 Å². The van der Waals surface area contributed by atoms with Crippen molar-refractivity contribution in [3.8, 4) is 11.3 Å². The van der Waals surface area contributed by atoms with Crippen molar-refractivity contribution in [3.05, 3.63) is 95.4 Å². The van der Waals surface area contributed by atoms with E-state index in [1.165, 1.54) is 0 Å². The van der Waals surface area contributed by atoms with Crippen LogP contribution in [0, 0.1) is 5.92 Å². The molecule has 3 atom stereocenters. The van der Waals surface area contributed by atoms with Crippen molar-refractivity contribution in [1.82, 2.24) is 14.3 Å². The van der Waals surface area contributed by atoms with E-state index >= 15 is 0 Å². The lowest BCUT2D eigenvalue weighted by Gasteiger charge is -2.52. The number of rotatable bonds is 3. The third kappa shape index (κ3) is 3.74. The molecule has 1 aliphatic heterocycles. The molecule has 2 aromatic heterocycles. The van der Waals surface area contributed by atoms with E-state index in [2.05, 4.69) is 0 Å². The molecule has 1 aliphatic carbocycles. The highest BCUT2D eigenvalue weighted by atomic mass is 35.5. The third-order valence-corrected chi connectivity index (χ3v) is 8.08. The fourth-order valence-corrected chi connectivity index (χ4v) is 6.38. The summed E-state index contributed by atoms with van der Waals surface area (Å²) in [7, 11) is 0. The number of aliphatic hydroxyl groups is 1. The normalized spacial score (nSPS) is 24.3. The zero-order chi connectivity index (χ0) is 24.0. The fourth-order valence-electron chi connectivity index (χ4n) is 6.19. The predicted molar refractivity (Wildman–Crippen MR) is 137 cm³/mol. The van der Waals surface area contributed by atoms with E-state index in [1.54, 1.807) is 0 Å². The summed E-state index contributed by atoms with van der Waals surface area (Å²) >= 11 is 6.26. The van der Waals surface area contributed by atoms with Crippen LogP contribution >= 0.6 is 11.6 Å². The SMILES string of the molecule is O=C(c1nc(-c2cccc(Cl)c2)c2ccccn12)N1CCC(O)(c2ccccc2)[C@H]2CCCC[C@H]21. The van der Waals surface area contributed by atoms with Gasteiger partial charge in [-0.1, -0.05) is 73.0 Å². The molecule has 1 saturated carbocycles. The van der Waals surface area contributed by atoms with Crippen LogP contribution in [0.3, 0.4) is 0 Å². The molecule has 2 aromatic carbocycles. The molecule has 5 nitrogen and oxygen atoms in total. The second kappa shape index (κ2) is 8.81. The quantitative estimate of drug-likeness (QED) is 0.390. The zero-order valence-corrected chi connectivity index (χ0v) is 20.2. The Balaban J connectivity index is 1.39. The summed E-state index contributed by atoms with van der Waals surface area (Å²) in [5.74, 6) is 0.339. The molecule has 0 spiro atoms. The number of piperidine rings is 1. The third-order valence-electron chi connectivity index (χ3n) is 7.85. The van der Waals surface area contributed by atoms with Crippen LogP contribution in [0.15, 0.2) is 79.0 Å². The van der Waals surface area contributed by atoms with Gasteiger partial charge in [0.1, 0.15) is 0 Å². The molecular weight excluding hydrogens is 458 g/mol. The highest BCUT2D eigenvalue weighted by Gasteiger charge is 2.50. The van der Waals surface area contributed by atoms with Gasteiger partial charge in [-0.15, -0.1) is 0 Å². The van der Waals surface area contributed by atoms with E-state index in [-0.39, 0.29) is 17.9 Å². The number of imidazole rings is 1. The van der Waals surface area contributed by atoms with Gasteiger partial charge in [-0.2, -0.15) is 0 Å². The van der Waals surface area contributed by atoms with Gasteiger partial charge in [0, 0.05) is 35.3 Å². The van der Waals surface area contributed by atoms with Gasteiger partial charge < -0.3 is 10.0 Å². The van der Waals surface area contributed by atoms with Crippen molar-refractivity contribution < 1.29 is 9.90 Å². The van der Waals surface area contributed by atoms with Gasteiger partial charge in [0.2, 0.25) is 5.82 Å². The van der Waals surface area contributed by atoms with Gasteiger partial charge in [-0.25, -0.2) is 4.98 Å². The van der Waals surface area contributed by atoms with Crippen LogP contribution in [0.2, 0.25) is 5.02 Å². The highest BCUT2D eigenvalue weighted by Crippen LogP contribution is 2.47. The van der Waals surface area contributed by atoms with Crippen LogP contribution in [0.4, 0.5) is 0 Å². The van der Waals surface area contributed by atoms with Gasteiger partial charge in [-0.3, -0.25) is 9.20 Å². The van der Waals surface area contributed by atoms with E-state index in [4.69, 9.17) is 16.6 Å². The van der Waals surface area contributed by atoms with E-state index in [0.717, 1.165) is 48.0 Å². The highest BCUT2D eigenvalue weighted by molar-refractivity contribution is 6.30. The number of aromatic nitrogens is 2. The Hall–Kier alpha value is -3.15. The van der Waals surface area contributed by atoms with Crippen LogP contribution in [-0.4, -0.2) is 37.9 Å². The molecule has 2 fully saturated rings. The Kier molecular flexibility index (Phi) is 5.62. The number of carbonyl (C=O) groups excluding carboxylic acids is 1. The second-order valence-corrected chi connectivity index (χ2v) is 10.2. The van der Waals surface area contributed by atoms with Crippen LogP contribution in [0.1, 0.15) is 48.3 Å². The molecule has 35 heavy (non-hydrogen) atoms. The largest absolute Gasteiger partial charge is 0.385 e. The summed E-state index contributed by atoms with van der Waals surface area (Å²) in [5, 5.41) is 12.5. The van der Waals surface area contributed by atoms with Crippen molar-refractivity contribution in [2.75, 3.05) is 6.54 Å². The van der Waals surface area contributed by atoms with Crippen LogP contribution in [0.25, 0.3) is 16.8 Å². The van der Waals surface area contributed by atoms with Crippen molar-refractivity contribution >= 4 is 23.0 Å². The molecule has 0 bridgehead atoms. The smallest absolute Gasteiger partial charge is 0.290 e. The maximum absolute atomic E-state index is 14.1. The van der Waals surface area contributed by atoms with Gasteiger partial charge in [0.15, 0.2) is 0 Å². The number of hydrogen-bond donors (Lipinski definition) is 1. The van der Waals surface area contributed by atoms with E-state index < -0.39 is 5.60 Å². The van der Waals surface area contributed by atoms with Crippen molar-refractivity contribution in [3.63, 3.8) is 0 Å². The van der Waals surface area contributed by atoms with Crippen LogP contribution in [0.5, 0.6) is 0 Å². The lowest BCUT2D eigenvalue weighted by molar-refractivity contribution is -0.110. The predicted octanol–water partition coefficient (Wildman–Crippen LogP) is 5.95. The molecule has 6 heteroatoms. The molecule has 4 aromatic rings. The second-order valence-electron chi connectivity index (χ2n) is 9.75. The van der Waals surface area contributed by atoms with Crippen LogP contribution in [-0.2, 0) is 5.60 Å². The topological polar surface area (TPSA) is 57.8 Å². The molecule has 3 heterocycles. The number of benzene rings is 2. The first kappa shape index (κ1) is 22.3. The molecule has 1 saturated heterocycles. The molecule has 1 unspecified atom stereocenters. The molecule has 2 aliphatic rings. The van der Waals surface area contributed by atoms with Crippen molar-refractivity contribution in [2.24, 2.45) is 5.92 Å². The first-order valence-corrected chi connectivity index (χ1v) is 12.8. The van der Waals surface area contributed by atoms with E-state index in [9.17, 15) is 9.90 Å². The standard InChI is InChI=1S/C29H28ClN3O2/c30-22-12-8-9-20(19-22)26-25-15-6-7-17-32(25)27(31-26)28(34)33-18-16-29(35,21-10-2-1-3-11-21)23-13-4-5-14-24(23)33/h1-3,6-12,15,17,19,23-24,35H,4-5,13-14,16,18H2/t23-,24+,29?/m0/s1. The van der Waals surface area contributed by atoms with E-state index in [1.807, 2.05) is 88.3 Å². The summed E-state index contributed by atoms with van der Waals surface area (Å²) in [6, 6.07) is 23.4. The Morgan fingerprint density at radius 2 is 1.80 bits per heavy atom. The van der Waals surface area contributed by atoms with Crippen molar-refractivity contribution in [2.45, 2.75) is 43.7 Å². The maximum Gasteiger partial charge on any atom is 0.290 e.